The lowest BCUT2D eigenvalue weighted by Gasteiger charge is -2.32. The van der Waals surface area contributed by atoms with Crippen LogP contribution in [0.2, 0.25) is 0 Å². The summed E-state index contributed by atoms with van der Waals surface area (Å²) >= 11 is 0. The molecule has 21 heavy (non-hydrogen) atoms. The van der Waals surface area contributed by atoms with Gasteiger partial charge in [-0.15, -0.1) is 0 Å². The second-order valence-electron chi connectivity index (χ2n) is 5.59. The predicted octanol–water partition coefficient (Wildman–Crippen LogP) is 2.50. The molecule has 2 aromatic heterocycles. The summed E-state index contributed by atoms with van der Waals surface area (Å²) in [6.07, 6.45) is 5.67. The van der Waals surface area contributed by atoms with E-state index < -0.39 is 0 Å². The highest BCUT2D eigenvalue weighted by atomic mass is 16.3. The smallest absolute Gasteiger partial charge is 0.157 e. The van der Waals surface area contributed by atoms with Crippen molar-refractivity contribution in [3.63, 3.8) is 0 Å². The van der Waals surface area contributed by atoms with E-state index >= 15 is 0 Å². The molecule has 1 aliphatic rings. The molecule has 0 radical (unpaired) electrons. The third-order valence-corrected chi connectivity index (χ3v) is 3.83. The summed E-state index contributed by atoms with van der Waals surface area (Å²) < 4.78 is 5.30. The van der Waals surface area contributed by atoms with Crippen LogP contribution in [0, 0.1) is 5.92 Å². The number of piperidine rings is 1. The van der Waals surface area contributed by atoms with Crippen LogP contribution in [0.25, 0.3) is 0 Å². The lowest BCUT2D eigenvalue weighted by Crippen LogP contribution is -2.35. The molecule has 2 aromatic rings. The molecule has 3 N–H and O–H groups in total. The summed E-state index contributed by atoms with van der Waals surface area (Å²) in [7, 11) is 0. The van der Waals surface area contributed by atoms with E-state index in [1.54, 1.807) is 12.6 Å². The van der Waals surface area contributed by atoms with Crippen LogP contribution in [0.5, 0.6) is 0 Å². The molecule has 0 spiro atoms. The van der Waals surface area contributed by atoms with Gasteiger partial charge >= 0.3 is 0 Å². The quantitative estimate of drug-likeness (QED) is 0.899. The SMILES string of the molecule is CC1CCCN(c2ncnc(NCc3ccco3)c2N)C1. The normalized spacial score (nSPS) is 18.7. The van der Waals surface area contributed by atoms with Crippen LogP contribution in [0.4, 0.5) is 17.3 Å². The molecule has 112 valence electrons. The lowest BCUT2D eigenvalue weighted by atomic mass is 10.0. The molecule has 1 saturated heterocycles. The summed E-state index contributed by atoms with van der Waals surface area (Å²) in [5.41, 5.74) is 6.85. The van der Waals surface area contributed by atoms with Gasteiger partial charge in [0, 0.05) is 13.1 Å². The molecule has 1 fully saturated rings. The number of aromatic nitrogens is 2. The first-order valence-corrected chi connectivity index (χ1v) is 7.35. The van der Waals surface area contributed by atoms with Crippen molar-refractivity contribution < 1.29 is 4.42 Å². The number of rotatable bonds is 4. The molecule has 6 nitrogen and oxygen atoms in total. The third-order valence-electron chi connectivity index (χ3n) is 3.83. The fourth-order valence-corrected chi connectivity index (χ4v) is 2.74. The van der Waals surface area contributed by atoms with Crippen molar-refractivity contribution in [1.29, 1.82) is 0 Å². The Morgan fingerprint density at radius 2 is 2.38 bits per heavy atom. The number of anilines is 3. The molecule has 1 aliphatic heterocycles. The molecular formula is C15H21N5O. The summed E-state index contributed by atoms with van der Waals surface area (Å²) in [6, 6.07) is 3.78. The molecule has 6 heteroatoms. The number of nitrogens with two attached hydrogens (primary N) is 1. The number of nitrogens with one attached hydrogen (secondary N) is 1. The van der Waals surface area contributed by atoms with Gasteiger partial charge in [0.15, 0.2) is 11.6 Å². The predicted molar refractivity (Wildman–Crippen MR) is 83.1 cm³/mol. The van der Waals surface area contributed by atoms with Gasteiger partial charge in [-0.05, 0) is 30.9 Å². The first-order chi connectivity index (χ1) is 10.2. The number of furan rings is 1. The van der Waals surface area contributed by atoms with E-state index in [2.05, 4.69) is 27.1 Å². The second-order valence-corrected chi connectivity index (χ2v) is 5.59. The first-order valence-electron chi connectivity index (χ1n) is 7.35. The van der Waals surface area contributed by atoms with Crippen LogP contribution in [0.15, 0.2) is 29.1 Å². The summed E-state index contributed by atoms with van der Waals surface area (Å²) in [5, 5.41) is 3.21. The van der Waals surface area contributed by atoms with Gasteiger partial charge in [0.05, 0.1) is 12.8 Å². The zero-order chi connectivity index (χ0) is 14.7. The summed E-state index contributed by atoms with van der Waals surface area (Å²) in [6.45, 7) is 4.83. The Bertz CT molecular complexity index is 584. The van der Waals surface area contributed by atoms with Gasteiger partial charge in [-0.3, -0.25) is 0 Å². The monoisotopic (exact) mass is 287 g/mol. The maximum absolute atomic E-state index is 6.24. The van der Waals surface area contributed by atoms with Crippen LogP contribution >= 0.6 is 0 Å². The molecule has 3 heterocycles. The Kier molecular flexibility index (Phi) is 3.94. The van der Waals surface area contributed by atoms with E-state index in [1.807, 2.05) is 12.1 Å². The third kappa shape index (κ3) is 3.09. The Labute approximate surface area is 124 Å². The van der Waals surface area contributed by atoms with Gasteiger partial charge in [-0.2, -0.15) is 0 Å². The van der Waals surface area contributed by atoms with Crippen molar-refractivity contribution in [3.8, 4) is 0 Å². The second kappa shape index (κ2) is 6.03. The molecule has 0 saturated carbocycles. The Morgan fingerprint density at radius 3 is 3.14 bits per heavy atom. The largest absolute Gasteiger partial charge is 0.467 e. The lowest BCUT2D eigenvalue weighted by molar-refractivity contribution is 0.445. The maximum Gasteiger partial charge on any atom is 0.157 e. The van der Waals surface area contributed by atoms with E-state index in [4.69, 9.17) is 10.2 Å². The van der Waals surface area contributed by atoms with Gasteiger partial charge < -0.3 is 20.4 Å². The van der Waals surface area contributed by atoms with E-state index in [1.165, 1.54) is 12.8 Å². The number of hydrogen-bond acceptors (Lipinski definition) is 6. The molecule has 0 aromatic carbocycles. The first kappa shape index (κ1) is 13.7. The number of nitrogens with zero attached hydrogens (tertiary/aromatic N) is 3. The molecule has 0 aliphatic carbocycles. The molecule has 0 amide bonds. The van der Waals surface area contributed by atoms with Crippen molar-refractivity contribution in [2.75, 3.05) is 29.0 Å². The standard InChI is InChI=1S/C15H21N5O/c1-11-4-2-6-20(9-11)15-13(16)14(18-10-19-15)17-8-12-5-3-7-21-12/h3,5,7,10-11H,2,4,6,8-9,16H2,1H3,(H,17,18,19). The van der Waals surface area contributed by atoms with Crippen LogP contribution in [-0.2, 0) is 6.54 Å². The van der Waals surface area contributed by atoms with Crippen molar-refractivity contribution >= 4 is 17.3 Å². The minimum Gasteiger partial charge on any atom is -0.467 e. The average Bonchev–Trinajstić information content (AvgIpc) is 2.99. The van der Waals surface area contributed by atoms with Gasteiger partial charge in [0.2, 0.25) is 0 Å². The summed E-state index contributed by atoms with van der Waals surface area (Å²) in [5.74, 6) is 3.02. The highest BCUT2D eigenvalue weighted by Crippen LogP contribution is 2.29. The maximum atomic E-state index is 6.24. The minimum atomic E-state index is 0.560. The van der Waals surface area contributed by atoms with Gasteiger partial charge in [-0.1, -0.05) is 6.92 Å². The molecule has 0 bridgehead atoms. The summed E-state index contributed by atoms with van der Waals surface area (Å²) in [4.78, 5) is 10.9. The van der Waals surface area contributed by atoms with Crippen molar-refractivity contribution in [1.82, 2.24) is 9.97 Å². The van der Waals surface area contributed by atoms with Crippen LogP contribution < -0.4 is 16.0 Å². The van der Waals surface area contributed by atoms with Crippen LogP contribution in [0.3, 0.4) is 0 Å². The topological polar surface area (TPSA) is 80.2 Å². The van der Waals surface area contributed by atoms with E-state index in [-0.39, 0.29) is 0 Å². The number of nitrogen functional groups attached to an aromatic ring is 1. The molecule has 1 atom stereocenters. The molecule has 1 unspecified atom stereocenters. The minimum absolute atomic E-state index is 0.560. The van der Waals surface area contributed by atoms with Crippen LogP contribution in [0.1, 0.15) is 25.5 Å². The Balaban J connectivity index is 1.75. The highest BCUT2D eigenvalue weighted by molar-refractivity contribution is 5.74. The average molecular weight is 287 g/mol. The van der Waals surface area contributed by atoms with Crippen molar-refractivity contribution in [2.24, 2.45) is 5.92 Å². The fraction of sp³-hybridized carbons (Fsp3) is 0.467. The Hall–Kier alpha value is -2.24. The zero-order valence-corrected chi connectivity index (χ0v) is 12.2. The van der Waals surface area contributed by atoms with Gasteiger partial charge in [0.1, 0.15) is 17.8 Å². The highest BCUT2D eigenvalue weighted by Gasteiger charge is 2.21. The van der Waals surface area contributed by atoms with Gasteiger partial charge in [0.25, 0.3) is 0 Å². The Morgan fingerprint density at radius 1 is 1.48 bits per heavy atom. The molecular weight excluding hydrogens is 266 g/mol. The van der Waals surface area contributed by atoms with E-state index in [0.29, 0.717) is 24.0 Å². The van der Waals surface area contributed by atoms with Gasteiger partial charge in [-0.25, -0.2) is 9.97 Å². The number of hydrogen-bond donors (Lipinski definition) is 2. The van der Waals surface area contributed by atoms with Crippen molar-refractivity contribution in [3.05, 3.63) is 30.5 Å². The fourth-order valence-electron chi connectivity index (χ4n) is 2.74. The van der Waals surface area contributed by atoms with Crippen LogP contribution in [-0.4, -0.2) is 23.1 Å². The van der Waals surface area contributed by atoms with Crippen molar-refractivity contribution in [2.45, 2.75) is 26.3 Å². The van der Waals surface area contributed by atoms with E-state index in [9.17, 15) is 0 Å². The van der Waals surface area contributed by atoms with E-state index in [0.717, 1.165) is 24.7 Å². The zero-order valence-electron chi connectivity index (χ0n) is 12.2. The molecule has 3 rings (SSSR count).